The van der Waals surface area contributed by atoms with E-state index in [9.17, 15) is 0 Å². The molecule has 7 heteroatoms. The second-order valence-electron chi connectivity index (χ2n) is 7.17. The van der Waals surface area contributed by atoms with Crippen molar-refractivity contribution in [1.29, 1.82) is 0 Å². The summed E-state index contributed by atoms with van der Waals surface area (Å²) in [6, 6.07) is 10.4. The smallest absolute Gasteiger partial charge is 0.193 e. The molecule has 1 atom stereocenters. The molecule has 0 amide bonds. The molecule has 1 N–H and O–H groups in total. The van der Waals surface area contributed by atoms with Crippen molar-refractivity contribution in [1.82, 2.24) is 15.2 Å². The molecule has 1 fully saturated rings. The summed E-state index contributed by atoms with van der Waals surface area (Å²) in [6.45, 7) is 9.50. The first-order chi connectivity index (χ1) is 13.8. The first-order valence-electron chi connectivity index (χ1n) is 10.4. The maximum Gasteiger partial charge on any atom is 0.193 e. The zero-order chi connectivity index (χ0) is 19.6. The number of aromatic nitrogens is 1. The van der Waals surface area contributed by atoms with Crippen LogP contribution < -0.4 is 5.32 Å². The number of aryl methyl sites for hydroxylation is 1. The summed E-state index contributed by atoms with van der Waals surface area (Å²) in [6.07, 6.45) is 3.08. The van der Waals surface area contributed by atoms with Crippen LogP contribution in [0.1, 0.15) is 36.5 Å². The molecule has 29 heavy (non-hydrogen) atoms. The molecule has 1 aliphatic rings. The van der Waals surface area contributed by atoms with Crippen LogP contribution in [0.5, 0.6) is 0 Å². The fourth-order valence-electron chi connectivity index (χ4n) is 3.41. The van der Waals surface area contributed by atoms with Crippen LogP contribution in [0.15, 0.2) is 40.7 Å². The highest BCUT2D eigenvalue weighted by molar-refractivity contribution is 14.0. The Kier molecular flexibility index (Phi) is 10.9. The van der Waals surface area contributed by atoms with Crippen molar-refractivity contribution in [3.8, 4) is 0 Å². The first kappa shape index (κ1) is 24.1. The van der Waals surface area contributed by atoms with Gasteiger partial charge >= 0.3 is 0 Å². The van der Waals surface area contributed by atoms with E-state index in [1.807, 2.05) is 6.07 Å². The molecule has 1 saturated heterocycles. The van der Waals surface area contributed by atoms with Crippen LogP contribution in [0, 0.1) is 5.92 Å². The van der Waals surface area contributed by atoms with Gasteiger partial charge in [-0.1, -0.05) is 37.3 Å². The number of hydrogen-bond acceptors (Lipinski definition) is 4. The van der Waals surface area contributed by atoms with E-state index in [1.165, 1.54) is 10.6 Å². The van der Waals surface area contributed by atoms with Crippen LogP contribution in [0.3, 0.4) is 0 Å². The lowest BCUT2D eigenvalue weighted by Gasteiger charge is -2.21. The highest BCUT2D eigenvalue weighted by Gasteiger charge is 2.25. The maximum absolute atomic E-state index is 5.95. The summed E-state index contributed by atoms with van der Waals surface area (Å²) in [7, 11) is 0. The molecule has 1 aromatic heterocycles. The van der Waals surface area contributed by atoms with Gasteiger partial charge in [-0.15, -0.1) is 35.3 Å². The third-order valence-corrected chi connectivity index (χ3v) is 5.96. The van der Waals surface area contributed by atoms with Gasteiger partial charge < -0.3 is 15.0 Å². The first-order valence-corrected chi connectivity index (χ1v) is 11.2. The molecule has 160 valence electrons. The predicted octanol–water partition coefficient (Wildman–Crippen LogP) is 4.37. The number of ether oxygens (including phenoxy) is 1. The van der Waals surface area contributed by atoms with E-state index in [0.717, 1.165) is 63.7 Å². The number of benzene rings is 1. The lowest BCUT2D eigenvalue weighted by molar-refractivity contribution is 0.0907. The second-order valence-corrected chi connectivity index (χ2v) is 8.12. The van der Waals surface area contributed by atoms with Crippen LogP contribution >= 0.6 is 35.3 Å². The molecular formula is C22H33IN4OS. The van der Waals surface area contributed by atoms with Crippen molar-refractivity contribution in [3.63, 3.8) is 0 Å². The molecular weight excluding hydrogens is 495 g/mol. The predicted molar refractivity (Wildman–Crippen MR) is 132 cm³/mol. The fourth-order valence-corrected chi connectivity index (χ4v) is 4.19. The Balaban J connectivity index is 0.00000300. The van der Waals surface area contributed by atoms with E-state index in [4.69, 9.17) is 9.73 Å². The van der Waals surface area contributed by atoms with Crippen molar-refractivity contribution >= 4 is 41.3 Å². The zero-order valence-corrected chi connectivity index (χ0v) is 20.6. The van der Waals surface area contributed by atoms with Crippen molar-refractivity contribution in [3.05, 3.63) is 52.0 Å². The number of likely N-dealkylation sites (tertiary alicyclic amines) is 1. The van der Waals surface area contributed by atoms with Gasteiger partial charge in [0, 0.05) is 43.9 Å². The molecule has 5 nitrogen and oxygen atoms in total. The summed E-state index contributed by atoms with van der Waals surface area (Å²) in [5, 5.41) is 6.82. The lowest BCUT2D eigenvalue weighted by atomic mass is 10.1. The standard InChI is InChI=1S/C22H32N4OS.HI/c1-3-21-25-20(17-28-21)10-12-24-22(23-4-2)26-13-11-19(14-26)16-27-15-18-8-6-5-7-9-18;/h5-9,17,19H,3-4,10-16H2,1-2H3,(H,23,24);1H. The van der Waals surface area contributed by atoms with Crippen LogP contribution in [0.4, 0.5) is 0 Å². The van der Waals surface area contributed by atoms with Crippen LogP contribution in [-0.2, 0) is 24.2 Å². The number of aliphatic imine (C=N–C) groups is 1. The molecule has 1 aromatic carbocycles. The van der Waals surface area contributed by atoms with Gasteiger partial charge in [0.2, 0.25) is 0 Å². The highest BCUT2D eigenvalue weighted by atomic mass is 127. The number of nitrogens with zero attached hydrogens (tertiary/aromatic N) is 3. The number of nitrogens with one attached hydrogen (secondary N) is 1. The SMILES string of the molecule is CCNC(=NCCc1csc(CC)n1)N1CCC(COCc2ccccc2)C1.I. The summed E-state index contributed by atoms with van der Waals surface area (Å²) >= 11 is 1.75. The van der Waals surface area contributed by atoms with Gasteiger partial charge in [-0.2, -0.15) is 0 Å². The van der Waals surface area contributed by atoms with Crippen LogP contribution in [0.25, 0.3) is 0 Å². The van der Waals surface area contributed by atoms with Gasteiger partial charge in [0.1, 0.15) is 0 Å². The van der Waals surface area contributed by atoms with Gasteiger partial charge in [0.25, 0.3) is 0 Å². The van der Waals surface area contributed by atoms with Crippen molar-refractivity contribution in [2.45, 2.75) is 39.7 Å². The van der Waals surface area contributed by atoms with E-state index < -0.39 is 0 Å². The molecule has 2 aromatic rings. The number of hydrogen-bond donors (Lipinski definition) is 1. The highest BCUT2D eigenvalue weighted by Crippen LogP contribution is 2.17. The molecule has 2 heterocycles. The van der Waals surface area contributed by atoms with Gasteiger partial charge in [-0.25, -0.2) is 4.98 Å². The van der Waals surface area contributed by atoms with E-state index in [2.05, 4.69) is 58.7 Å². The van der Waals surface area contributed by atoms with Crippen molar-refractivity contribution < 1.29 is 4.74 Å². The topological polar surface area (TPSA) is 49.8 Å². The largest absolute Gasteiger partial charge is 0.376 e. The monoisotopic (exact) mass is 528 g/mol. The summed E-state index contributed by atoms with van der Waals surface area (Å²) in [4.78, 5) is 11.9. The molecule has 1 aliphatic heterocycles. The lowest BCUT2D eigenvalue weighted by Crippen LogP contribution is -2.40. The number of guanidine groups is 1. The molecule has 3 rings (SSSR count). The number of halogens is 1. The van der Waals surface area contributed by atoms with Gasteiger partial charge in [0.05, 0.1) is 23.9 Å². The molecule has 0 radical (unpaired) electrons. The van der Waals surface area contributed by atoms with E-state index in [-0.39, 0.29) is 24.0 Å². The quantitative estimate of drug-likeness (QED) is 0.299. The molecule has 0 saturated carbocycles. The van der Waals surface area contributed by atoms with E-state index in [0.29, 0.717) is 12.5 Å². The minimum Gasteiger partial charge on any atom is -0.376 e. The van der Waals surface area contributed by atoms with Crippen molar-refractivity contribution in [2.75, 3.05) is 32.8 Å². The van der Waals surface area contributed by atoms with Gasteiger partial charge in [-0.3, -0.25) is 4.99 Å². The summed E-state index contributed by atoms with van der Waals surface area (Å²) < 4.78 is 5.95. The normalized spacial score (nSPS) is 16.7. The Morgan fingerprint density at radius 3 is 2.86 bits per heavy atom. The van der Waals surface area contributed by atoms with Gasteiger partial charge in [-0.05, 0) is 25.3 Å². The summed E-state index contributed by atoms with van der Waals surface area (Å²) in [5.41, 5.74) is 2.40. The average Bonchev–Trinajstić information content (AvgIpc) is 3.38. The molecule has 1 unspecified atom stereocenters. The van der Waals surface area contributed by atoms with Gasteiger partial charge in [0.15, 0.2) is 5.96 Å². The van der Waals surface area contributed by atoms with Crippen LogP contribution in [0.2, 0.25) is 0 Å². The fraction of sp³-hybridized carbons (Fsp3) is 0.545. The Hall–Kier alpha value is -1.19. The minimum atomic E-state index is 0. The molecule has 0 bridgehead atoms. The average molecular weight is 529 g/mol. The van der Waals surface area contributed by atoms with Crippen molar-refractivity contribution in [2.24, 2.45) is 10.9 Å². The zero-order valence-electron chi connectivity index (χ0n) is 17.5. The minimum absolute atomic E-state index is 0. The molecule has 0 spiro atoms. The summed E-state index contributed by atoms with van der Waals surface area (Å²) in [5.74, 6) is 1.59. The Labute approximate surface area is 196 Å². The maximum atomic E-state index is 5.95. The molecule has 0 aliphatic carbocycles. The Morgan fingerprint density at radius 1 is 1.31 bits per heavy atom. The Morgan fingerprint density at radius 2 is 2.14 bits per heavy atom. The Bertz CT molecular complexity index is 737. The van der Waals surface area contributed by atoms with Crippen LogP contribution in [-0.4, -0.2) is 48.6 Å². The number of thiazole rings is 1. The second kappa shape index (κ2) is 13.2. The van der Waals surface area contributed by atoms with E-state index in [1.54, 1.807) is 11.3 Å². The number of rotatable bonds is 9. The van der Waals surface area contributed by atoms with E-state index >= 15 is 0 Å². The third-order valence-electron chi connectivity index (χ3n) is 4.92. The third kappa shape index (κ3) is 7.86.